The van der Waals surface area contributed by atoms with Gasteiger partial charge in [0.05, 0.1) is 0 Å². The molecule has 0 amide bonds. The molecule has 0 spiro atoms. The van der Waals surface area contributed by atoms with Crippen LogP contribution in [0.25, 0.3) is 0 Å². The number of rotatable bonds is 2. The first-order chi connectivity index (χ1) is 8.09. The third-order valence-corrected chi connectivity index (χ3v) is 7.99. The second-order valence-corrected chi connectivity index (χ2v) is 8.46. The van der Waals surface area contributed by atoms with Crippen molar-refractivity contribution in [2.24, 2.45) is 11.8 Å². The molecule has 2 atom stereocenters. The molecule has 1 aromatic heterocycles. The Hall–Kier alpha value is 0.0500. The summed E-state index contributed by atoms with van der Waals surface area (Å²) in [7, 11) is -3.29. The number of thiophene rings is 1. The topological polar surface area (TPSA) is 49.4 Å². The minimum atomic E-state index is -3.29. The Morgan fingerprint density at radius 3 is 2.53 bits per heavy atom. The first kappa shape index (κ1) is 12.1. The van der Waals surface area contributed by atoms with Gasteiger partial charge in [-0.25, -0.2) is 8.42 Å². The van der Waals surface area contributed by atoms with E-state index in [1.807, 2.05) is 0 Å². The molecule has 3 rings (SSSR count). The molecule has 2 saturated heterocycles. The van der Waals surface area contributed by atoms with E-state index >= 15 is 0 Å². The molecular formula is C10H13BrN2O2S2. The van der Waals surface area contributed by atoms with Gasteiger partial charge in [-0.3, -0.25) is 0 Å². The van der Waals surface area contributed by atoms with Crippen LogP contribution in [0.1, 0.15) is 0 Å². The van der Waals surface area contributed by atoms with E-state index in [0.717, 1.165) is 13.1 Å². The summed E-state index contributed by atoms with van der Waals surface area (Å²) < 4.78 is 27.6. The minimum absolute atomic E-state index is 0.436. The van der Waals surface area contributed by atoms with Crippen molar-refractivity contribution in [2.75, 3.05) is 26.2 Å². The Kier molecular flexibility index (Phi) is 3.07. The fourth-order valence-corrected chi connectivity index (χ4v) is 6.59. The highest BCUT2D eigenvalue weighted by atomic mass is 79.9. The number of nitrogens with one attached hydrogen (secondary N) is 1. The zero-order valence-corrected chi connectivity index (χ0v) is 12.3. The van der Waals surface area contributed by atoms with Crippen LogP contribution in [0.5, 0.6) is 0 Å². The van der Waals surface area contributed by atoms with E-state index in [1.165, 1.54) is 11.3 Å². The first-order valence-corrected chi connectivity index (χ1v) is 8.64. The molecule has 0 saturated carbocycles. The smallest absolute Gasteiger partial charge is 0.253 e. The van der Waals surface area contributed by atoms with Crippen molar-refractivity contribution in [1.29, 1.82) is 0 Å². The Morgan fingerprint density at radius 2 is 2.00 bits per heavy atom. The van der Waals surface area contributed by atoms with Gasteiger partial charge < -0.3 is 5.32 Å². The van der Waals surface area contributed by atoms with E-state index in [0.29, 0.717) is 33.6 Å². The predicted molar refractivity (Wildman–Crippen MR) is 70.6 cm³/mol. The average molecular weight is 337 g/mol. The Balaban J connectivity index is 1.88. The summed E-state index contributed by atoms with van der Waals surface area (Å²) in [6, 6.07) is 1.79. The predicted octanol–water partition coefficient (Wildman–Crippen LogP) is 1.35. The Morgan fingerprint density at radius 1 is 1.35 bits per heavy atom. The van der Waals surface area contributed by atoms with Crippen LogP contribution in [-0.2, 0) is 10.0 Å². The zero-order valence-electron chi connectivity index (χ0n) is 9.10. The quantitative estimate of drug-likeness (QED) is 0.886. The summed E-state index contributed by atoms with van der Waals surface area (Å²) in [5.74, 6) is 0.979. The van der Waals surface area contributed by atoms with Crippen molar-refractivity contribution in [1.82, 2.24) is 9.62 Å². The van der Waals surface area contributed by atoms with Gasteiger partial charge in [0.15, 0.2) is 0 Å². The molecule has 3 heterocycles. The van der Waals surface area contributed by atoms with Crippen molar-refractivity contribution >= 4 is 37.3 Å². The molecule has 0 aromatic carbocycles. The lowest BCUT2D eigenvalue weighted by atomic mass is 10.0. The summed E-state index contributed by atoms with van der Waals surface area (Å²) in [5, 5.41) is 5.12. The SMILES string of the molecule is O=S(=O)(c1sccc1Br)N1CC2CNCC2C1. The van der Waals surface area contributed by atoms with Gasteiger partial charge in [0.2, 0.25) is 0 Å². The van der Waals surface area contributed by atoms with E-state index in [4.69, 9.17) is 0 Å². The highest BCUT2D eigenvalue weighted by Crippen LogP contribution is 2.35. The molecule has 7 heteroatoms. The second-order valence-electron chi connectivity index (χ2n) is 4.56. The fraction of sp³-hybridized carbons (Fsp3) is 0.600. The molecule has 2 fully saturated rings. The highest BCUT2D eigenvalue weighted by molar-refractivity contribution is 9.10. The van der Waals surface area contributed by atoms with Crippen LogP contribution in [0, 0.1) is 11.8 Å². The van der Waals surface area contributed by atoms with Crippen LogP contribution >= 0.6 is 27.3 Å². The molecule has 1 aromatic rings. The Labute approximate surface area is 113 Å². The van der Waals surface area contributed by atoms with Crippen molar-refractivity contribution < 1.29 is 8.42 Å². The number of fused-ring (bicyclic) bond motifs is 1. The number of nitrogens with zero attached hydrogens (tertiary/aromatic N) is 1. The summed E-state index contributed by atoms with van der Waals surface area (Å²) >= 11 is 4.58. The summed E-state index contributed by atoms with van der Waals surface area (Å²) in [6.45, 7) is 3.21. The van der Waals surface area contributed by atoms with Gasteiger partial charge in [0.1, 0.15) is 4.21 Å². The number of hydrogen-bond donors (Lipinski definition) is 1. The first-order valence-electron chi connectivity index (χ1n) is 5.53. The summed E-state index contributed by atoms with van der Waals surface area (Å²) in [6.07, 6.45) is 0. The highest BCUT2D eigenvalue weighted by Gasteiger charge is 2.42. The molecule has 17 heavy (non-hydrogen) atoms. The standard InChI is InChI=1S/C10H13BrN2O2S2/c11-9-1-2-16-10(9)17(14,15)13-5-7-3-12-4-8(7)6-13/h1-2,7-8,12H,3-6H2. The van der Waals surface area contributed by atoms with Crippen LogP contribution < -0.4 is 5.32 Å². The van der Waals surface area contributed by atoms with Gasteiger partial charge in [-0.15, -0.1) is 11.3 Å². The minimum Gasteiger partial charge on any atom is -0.316 e. The normalized spacial score (nSPS) is 29.7. The van der Waals surface area contributed by atoms with Gasteiger partial charge >= 0.3 is 0 Å². The molecule has 0 radical (unpaired) electrons. The van der Waals surface area contributed by atoms with Gasteiger partial charge in [-0.05, 0) is 52.3 Å². The maximum atomic E-state index is 12.4. The molecular weight excluding hydrogens is 324 g/mol. The molecule has 2 unspecified atom stereocenters. The van der Waals surface area contributed by atoms with E-state index < -0.39 is 10.0 Å². The van der Waals surface area contributed by atoms with Gasteiger partial charge in [0.25, 0.3) is 10.0 Å². The maximum Gasteiger partial charge on any atom is 0.253 e. The van der Waals surface area contributed by atoms with Crippen molar-refractivity contribution in [3.63, 3.8) is 0 Å². The van der Waals surface area contributed by atoms with Crippen molar-refractivity contribution in [2.45, 2.75) is 4.21 Å². The lowest BCUT2D eigenvalue weighted by Crippen LogP contribution is -2.31. The third kappa shape index (κ3) is 1.98. The van der Waals surface area contributed by atoms with E-state index in [9.17, 15) is 8.42 Å². The van der Waals surface area contributed by atoms with Crippen LogP contribution in [0.2, 0.25) is 0 Å². The maximum absolute atomic E-state index is 12.4. The molecule has 0 aliphatic carbocycles. The van der Waals surface area contributed by atoms with Crippen molar-refractivity contribution in [3.05, 3.63) is 15.9 Å². The average Bonchev–Trinajstić information content (AvgIpc) is 2.89. The lowest BCUT2D eigenvalue weighted by Gasteiger charge is -2.16. The zero-order chi connectivity index (χ0) is 12.0. The largest absolute Gasteiger partial charge is 0.316 e. The molecule has 4 nitrogen and oxygen atoms in total. The van der Waals surface area contributed by atoms with E-state index in [2.05, 4.69) is 21.2 Å². The van der Waals surface area contributed by atoms with Gasteiger partial charge in [-0.2, -0.15) is 4.31 Å². The molecule has 0 bridgehead atoms. The number of halogens is 1. The van der Waals surface area contributed by atoms with Crippen LogP contribution in [0.3, 0.4) is 0 Å². The second kappa shape index (κ2) is 4.31. The lowest BCUT2D eigenvalue weighted by molar-refractivity contribution is 0.449. The monoisotopic (exact) mass is 336 g/mol. The molecule has 2 aliphatic rings. The number of sulfonamides is 1. The van der Waals surface area contributed by atoms with E-state index in [1.54, 1.807) is 15.8 Å². The molecule has 2 aliphatic heterocycles. The van der Waals surface area contributed by atoms with Crippen LogP contribution in [0.15, 0.2) is 20.1 Å². The summed E-state index contributed by atoms with van der Waals surface area (Å²) in [5.41, 5.74) is 0. The third-order valence-electron chi connectivity index (χ3n) is 3.51. The fourth-order valence-electron chi connectivity index (χ4n) is 2.59. The van der Waals surface area contributed by atoms with Gasteiger partial charge in [-0.1, -0.05) is 0 Å². The van der Waals surface area contributed by atoms with Crippen LogP contribution in [0.4, 0.5) is 0 Å². The molecule has 1 N–H and O–H groups in total. The number of hydrogen-bond acceptors (Lipinski definition) is 4. The van der Waals surface area contributed by atoms with Crippen LogP contribution in [-0.4, -0.2) is 38.9 Å². The summed E-state index contributed by atoms with van der Waals surface area (Å²) in [4.78, 5) is 0. The van der Waals surface area contributed by atoms with Gasteiger partial charge in [0, 0.05) is 17.6 Å². The van der Waals surface area contributed by atoms with Crippen molar-refractivity contribution in [3.8, 4) is 0 Å². The Bertz CT molecular complexity index is 516. The molecule has 94 valence electrons. The van der Waals surface area contributed by atoms with E-state index in [-0.39, 0.29) is 0 Å².